The first-order chi connectivity index (χ1) is 4.31. The Morgan fingerprint density at radius 3 is 1.89 bits per heavy atom. The summed E-state index contributed by atoms with van der Waals surface area (Å²) >= 11 is 0. The summed E-state index contributed by atoms with van der Waals surface area (Å²) in [7, 11) is 0. The Labute approximate surface area is 51.2 Å². The fourth-order valence-corrected chi connectivity index (χ4v) is 0.292. The first-order valence-electron chi connectivity index (χ1n) is 2.18. The van der Waals surface area contributed by atoms with Crippen LogP contribution in [-0.4, -0.2) is 30.9 Å². The van der Waals surface area contributed by atoms with Crippen LogP contribution in [0.3, 0.4) is 0 Å². The lowest BCUT2D eigenvalue weighted by Gasteiger charge is -1.78. The van der Waals surface area contributed by atoms with E-state index in [-0.39, 0.29) is 6.47 Å². The van der Waals surface area contributed by atoms with Gasteiger partial charge in [0.25, 0.3) is 6.47 Å². The molecule has 1 aliphatic rings. The SMILES string of the molecule is O=C1OCCO1.O=CO. The standard InChI is InChI=1S/C3H4O3.CH2O2/c4-3-5-1-2-6-3;2-1-3/h1-2H2;1H,(H,2,3). The van der Waals surface area contributed by atoms with E-state index in [0.29, 0.717) is 13.2 Å². The number of hydrogen-bond donors (Lipinski definition) is 1. The Kier molecular flexibility index (Phi) is 4.20. The van der Waals surface area contributed by atoms with E-state index in [0.717, 1.165) is 0 Å². The van der Waals surface area contributed by atoms with Crippen molar-refractivity contribution in [2.24, 2.45) is 0 Å². The average Bonchev–Trinajstić information content (AvgIpc) is 2.20. The third-order valence-electron chi connectivity index (χ3n) is 0.523. The average molecular weight is 134 g/mol. The van der Waals surface area contributed by atoms with Crippen molar-refractivity contribution in [1.29, 1.82) is 0 Å². The Balaban J connectivity index is 0.000000187. The number of cyclic esters (lactones) is 2. The van der Waals surface area contributed by atoms with Crippen LogP contribution in [0.25, 0.3) is 0 Å². The number of hydrogen-bond acceptors (Lipinski definition) is 4. The van der Waals surface area contributed by atoms with Gasteiger partial charge in [-0.15, -0.1) is 0 Å². The van der Waals surface area contributed by atoms with Crippen LogP contribution in [0.5, 0.6) is 0 Å². The van der Waals surface area contributed by atoms with Crippen molar-refractivity contribution >= 4 is 12.6 Å². The van der Waals surface area contributed by atoms with Gasteiger partial charge in [0.2, 0.25) is 0 Å². The molecule has 0 bridgehead atoms. The van der Waals surface area contributed by atoms with Crippen molar-refractivity contribution in [2.75, 3.05) is 13.2 Å². The monoisotopic (exact) mass is 134 g/mol. The van der Waals surface area contributed by atoms with Gasteiger partial charge in [-0.3, -0.25) is 4.79 Å². The van der Waals surface area contributed by atoms with Crippen molar-refractivity contribution in [3.63, 3.8) is 0 Å². The lowest BCUT2D eigenvalue weighted by Crippen LogP contribution is -1.88. The van der Waals surface area contributed by atoms with Crippen LogP contribution in [0.4, 0.5) is 4.79 Å². The van der Waals surface area contributed by atoms with E-state index < -0.39 is 6.16 Å². The summed E-state index contributed by atoms with van der Waals surface area (Å²) in [5.74, 6) is 0. The van der Waals surface area contributed by atoms with Gasteiger partial charge in [0.15, 0.2) is 0 Å². The van der Waals surface area contributed by atoms with Crippen LogP contribution >= 0.6 is 0 Å². The predicted octanol–water partition coefficient (Wildman–Crippen LogP) is -0.146. The molecule has 1 N–H and O–H groups in total. The van der Waals surface area contributed by atoms with Gasteiger partial charge < -0.3 is 14.6 Å². The Bertz CT molecular complexity index is 91.1. The normalized spacial score (nSPS) is 14.4. The first-order valence-corrected chi connectivity index (χ1v) is 2.18. The van der Waals surface area contributed by atoms with Gasteiger partial charge in [-0.25, -0.2) is 4.79 Å². The number of carbonyl (C=O) groups is 2. The minimum Gasteiger partial charge on any atom is -0.483 e. The quantitative estimate of drug-likeness (QED) is 0.368. The van der Waals surface area contributed by atoms with Gasteiger partial charge in [-0.05, 0) is 0 Å². The zero-order valence-electron chi connectivity index (χ0n) is 4.57. The summed E-state index contributed by atoms with van der Waals surface area (Å²) in [6, 6.07) is 0. The van der Waals surface area contributed by atoms with Gasteiger partial charge in [0.1, 0.15) is 13.2 Å². The van der Waals surface area contributed by atoms with E-state index in [9.17, 15) is 4.79 Å². The molecule has 9 heavy (non-hydrogen) atoms. The summed E-state index contributed by atoms with van der Waals surface area (Å²) in [5.41, 5.74) is 0. The third-order valence-corrected chi connectivity index (χ3v) is 0.523. The predicted molar refractivity (Wildman–Crippen MR) is 26.0 cm³/mol. The highest BCUT2D eigenvalue weighted by atomic mass is 16.8. The smallest absolute Gasteiger partial charge is 0.483 e. The molecule has 0 amide bonds. The lowest BCUT2D eigenvalue weighted by molar-refractivity contribution is -0.122. The molecule has 1 rings (SSSR count). The molecule has 5 heteroatoms. The number of ether oxygens (including phenoxy) is 2. The molecule has 0 spiro atoms. The zero-order valence-corrected chi connectivity index (χ0v) is 4.57. The second-order valence-corrected chi connectivity index (χ2v) is 1.05. The minimum atomic E-state index is -0.546. The fourth-order valence-electron chi connectivity index (χ4n) is 0.292. The molecule has 0 unspecified atom stereocenters. The largest absolute Gasteiger partial charge is 0.508 e. The molecule has 5 nitrogen and oxygen atoms in total. The van der Waals surface area contributed by atoms with E-state index in [1.54, 1.807) is 0 Å². The molecule has 1 fully saturated rings. The molecule has 0 aromatic carbocycles. The topological polar surface area (TPSA) is 72.8 Å². The second-order valence-electron chi connectivity index (χ2n) is 1.05. The van der Waals surface area contributed by atoms with Crippen molar-refractivity contribution in [1.82, 2.24) is 0 Å². The molecule has 0 atom stereocenters. The molecule has 0 aromatic heterocycles. The Hall–Kier alpha value is -1.26. The summed E-state index contributed by atoms with van der Waals surface area (Å²) in [6.07, 6.45) is -0.546. The molecule has 1 aliphatic heterocycles. The molecule has 1 heterocycles. The molecule has 1 saturated heterocycles. The maximum Gasteiger partial charge on any atom is 0.508 e. The molecule has 0 saturated carbocycles. The molecule has 0 radical (unpaired) electrons. The van der Waals surface area contributed by atoms with Crippen LogP contribution in [0.2, 0.25) is 0 Å². The highest BCUT2D eigenvalue weighted by Crippen LogP contribution is 1.92. The van der Waals surface area contributed by atoms with Gasteiger partial charge in [0, 0.05) is 0 Å². The molecule has 52 valence electrons. The summed E-state index contributed by atoms with van der Waals surface area (Å²) in [5, 5.41) is 6.89. The van der Waals surface area contributed by atoms with E-state index >= 15 is 0 Å². The summed E-state index contributed by atoms with van der Waals surface area (Å²) < 4.78 is 8.58. The van der Waals surface area contributed by atoms with Crippen molar-refractivity contribution < 1.29 is 24.2 Å². The van der Waals surface area contributed by atoms with E-state index in [1.165, 1.54) is 0 Å². The molecular formula is C4H6O5. The maximum absolute atomic E-state index is 9.80. The zero-order chi connectivity index (χ0) is 7.11. The van der Waals surface area contributed by atoms with Crippen molar-refractivity contribution in [3.8, 4) is 0 Å². The summed E-state index contributed by atoms with van der Waals surface area (Å²) in [4.78, 5) is 18.2. The van der Waals surface area contributed by atoms with Crippen LogP contribution in [-0.2, 0) is 14.3 Å². The van der Waals surface area contributed by atoms with Crippen molar-refractivity contribution in [3.05, 3.63) is 0 Å². The fraction of sp³-hybridized carbons (Fsp3) is 0.500. The van der Waals surface area contributed by atoms with Crippen LogP contribution in [0, 0.1) is 0 Å². The lowest BCUT2D eigenvalue weighted by atomic mass is 10.8. The molecular weight excluding hydrogens is 128 g/mol. The number of carbonyl (C=O) groups excluding carboxylic acids is 1. The van der Waals surface area contributed by atoms with Gasteiger partial charge in [0.05, 0.1) is 0 Å². The third kappa shape index (κ3) is 4.60. The van der Waals surface area contributed by atoms with Crippen LogP contribution in [0.1, 0.15) is 0 Å². The Morgan fingerprint density at radius 2 is 1.78 bits per heavy atom. The van der Waals surface area contributed by atoms with Crippen LogP contribution in [0.15, 0.2) is 0 Å². The van der Waals surface area contributed by atoms with E-state index in [1.807, 2.05) is 0 Å². The first kappa shape index (κ1) is 7.74. The second kappa shape index (κ2) is 4.89. The molecule has 0 aliphatic carbocycles. The molecule has 0 aromatic rings. The van der Waals surface area contributed by atoms with Crippen molar-refractivity contribution in [2.45, 2.75) is 0 Å². The Morgan fingerprint density at radius 1 is 1.44 bits per heavy atom. The maximum atomic E-state index is 9.80. The highest BCUT2D eigenvalue weighted by molar-refractivity contribution is 5.61. The van der Waals surface area contributed by atoms with Gasteiger partial charge >= 0.3 is 6.16 Å². The van der Waals surface area contributed by atoms with Crippen LogP contribution < -0.4 is 0 Å². The van der Waals surface area contributed by atoms with Gasteiger partial charge in [-0.2, -0.15) is 0 Å². The summed E-state index contributed by atoms with van der Waals surface area (Å²) in [6.45, 7) is 0.581. The number of rotatable bonds is 0. The van der Waals surface area contributed by atoms with E-state index in [2.05, 4.69) is 9.47 Å². The van der Waals surface area contributed by atoms with Gasteiger partial charge in [-0.1, -0.05) is 0 Å². The van der Waals surface area contributed by atoms with E-state index in [4.69, 9.17) is 9.90 Å². The highest BCUT2D eigenvalue weighted by Gasteiger charge is 2.09. The number of carboxylic acid groups (broad SMARTS) is 1. The minimum absolute atomic E-state index is 0.250.